The Morgan fingerprint density at radius 1 is 1.41 bits per heavy atom. The van der Waals surface area contributed by atoms with Crippen LogP contribution in [-0.4, -0.2) is 22.2 Å². The van der Waals surface area contributed by atoms with Crippen molar-refractivity contribution >= 4 is 0 Å². The summed E-state index contributed by atoms with van der Waals surface area (Å²) in [4.78, 5) is 8.30. The fourth-order valence-electron chi connectivity index (χ4n) is 1.42. The van der Waals surface area contributed by atoms with E-state index in [-0.39, 0.29) is 6.61 Å². The lowest BCUT2D eigenvalue weighted by Gasteiger charge is -2.09. The molecule has 17 heavy (non-hydrogen) atoms. The summed E-state index contributed by atoms with van der Waals surface area (Å²) in [7, 11) is 1.87. The summed E-state index contributed by atoms with van der Waals surface area (Å²) in [5, 5.41) is 6.73. The molecule has 2 aromatic heterocycles. The third-order valence-electron chi connectivity index (χ3n) is 2.18. The maximum atomic E-state index is 5.60. The molecule has 0 aliphatic heterocycles. The molecule has 0 amide bonds. The summed E-state index contributed by atoms with van der Waals surface area (Å²) in [5.74, 6) is 1.25. The lowest BCUT2D eigenvalue weighted by molar-refractivity contribution is 0.282. The highest BCUT2D eigenvalue weighted by molar-refractivity contribution is 5.29. The van der Waals surface area contributed by atoms with Gasteiger partial charge in [-0.05, 0) is 26.1 Å². The Labute approximate surface area is 99.0 Å². The number of hydrogen-bond donors (Lipinski definition) is 1. The minimum Gasteiger partial charge on any atom is -0.484 e. The molecule has 6 heteroatoms. The number of ether oxygens (including phenoxy) is 1. The predicted octanol–water partition coefficient (Wildman–Crippen LogP) is 1.07. The van der Waals surface area contributed by atoms with E-state index >= 15 is 0 Å². The molecule has 0 radical (unpaired) electrons. The Hall–Kier alpha value is -1.95. The minimum absolute atomic E-state index is 0.276. The van der Waals surface area contributed by atoms with Gasteiger partial charge in [0.15, 0.2) is 6.61 Å². The van der Waals surface area contributed by atoms with Crippen LogP contribution < -0.4 is 10.1 Å². The normalized spacial score (nSPS) is 10.5. The standard InChI is InChI=1S/C11H14N4O2/c1-8-3-4-10(9(14-8)5-12-2)16-6-11-13-7-17-15-11/h3-4,7,12H,5-6H2,1-2H3. The van der Waals surface area contributed by atoms with E-state index < -0.39 is 0 Å². The van der Waals surface area contributed by atoms with Gasteiger partial charge in [-0.25, -0.2) is 0 Å². The first-order valence-electron chi connectivity index (χ1n) is 5.29. The minimum atomic E-state index is 0.276. The number of nitrogens with zero attached hydrogens (tertiary/aromatic N) is 3. The second-order valence-corrected chi connectivity index (χ2v) is 3.56. The van der Waals surface area contributed by atoms with E-state index in [9.17, 15) is 0 Å². The van der Waals surface area contributed by atoms with E-state index in [0.717, 1.165) is 17.1 Å². The van der Waals surface area contributed by atoms with Crippen molar-refractivity contribution < 1.29 is 9.26 Å². The van der Waals surface area contributed by atoms with Crippen molar-refractivity contribution in [3.8, 4) is 5.75 Å². The molecular weight excluding hydrogens is 220 g/mol. The Morgan fingerprint density at radius 2 is 2.29 bits per heavy atom. The summed E-state index contributed by atoms with van der Waals surface area (Å²) in [6.45, 7) is 2.88. The highest BCUT2D eigenvalue weighted by Gasteiger charge is 2.07. The van der Waals surface area contributed by atoms with Gasteiger partial charge in [-0.15, -0.1) is 0 Å². The van der Waals surface area contributed by atoms with Gasteiger partial charge in [-0.2, -0.15) is 4.98 Å². The molecule has 6 nitrogen and oxygen atoms in total. The summed E-state index contributed by atoms with van der Waals surface area (Å²) in [6, 6.07) is 3.81. The van der Waals surface area contributed by atoms with Crippen LogP contribution in [0.1, 0.15) is 17.2 Å². The molecule has 1 N–H and O–H groups in total. The molecule has 90 valence electrons. The predicted molar refractivity (Wildman–Crippen MR) is 60.4 cm³/mol. The quantitative estimate of drug-likeness (QED) is 0.834. The first-order valence-corrected chi connectivity index (χ1v) is 5.29. The number of aromatic nitrogens is 3. The third kappa shape index (κ3) is 3.01. The van der Waals surface area contributed by atoms with E-state index in [2.05, 4.69) is 25.0 Å². The van der Waals surface area contributed by atoms with Crippen LogP contribution in [0.5, 0.6) is 5.75 Å². The molecule has 0 atom stereocenters. The van der Waals surface area contributed by atoms with Crippen molar-refractivity contribution in [1.82, 2.24) is 20.4 Å². The summed E-state index contributed by atoms with van der Waals surface area (Å²) in [6.07, 6.45) is 1.28. The second kappa shape index (κ2) is 5.40. The molecule has 0 aliphatic rings. The smallest absolute Gasteiger partial charge is 0.213 e. The van der Waals surface area contributed by atoms with Gasteiger partial charge in [0, 0.05) is 12.2 Å². The average molecular weight is 234 g/mol. The zero-order chi connectivity index (χ0) is 12.1. The van der Waals surface area contributed by atoms with E-state index in [0.29, 0.717) is 12.4 Å². The Morgan fingerprint density at radius 3 is 3.00 bits per heavy atom. The van der Waals surface area contributed by atoms with Gasteiger partial charge in [0.2, 0.25) is 12.2 Å². The Bertz CT molecular complexity index is 470. The molecule has 0 bridgehead atoms. The van der Waals surface area contributed by atoms with Crippen molar-refractivity contribution in [1.29, 1.82) is 0 Å². The molecule has 0 unspecified atom stereocenters. The summed E-state index contributed by atoms with van der Waals surface area (Å²) in [5.41, 5.74) is 1.83. The molecule has 0 spiro atoms. The summed E-state index contributed by atoms with van der Waals surface area (Å²) >= 11 is 0. The van der Waals surface area contributed by atoms with Crippen molar-refractivity contribution in [3.05, 3.63) is 35.7 Å². The fraction of sp³-hybridized carbons (Fsp3) is 0.364. The highest BCUT2D eigenvalue weighted by atomic mass is 16.5. The van der Waals surface area contributed by atoms with Gasteiger partial charge in [-0.1, -0.05) is 5.16 Å². The van der Waals surface area contributed by atoms with Crippen molar-refractivity contribution in [2.75, 3.05) is 7.05 Å². The van der Waals surface area contributed by atoms with Crippen LogP contribution in [0.15, 0.2) is 23.0 Å². The average Bonchev–Trinajstić information content (AvgIpc) is 2.81. The number of aryl methyl sites for hydroxylation is 1. The van der Waals surface area contributed by atoms with Crippen LogP contribution in [0.25, 0.3) is 0 Å². The van der Waals surface area contributed by atoms with E-state index in [1.807, 2.05) is 26.1 Å². The zero-order valence-electron chi connectivity index (χ0n) is 9.80. The van der Waals surface area contributed by atoms with Gasteiger partial charge in [0.1, 0.15) is 5.75 Å². The summed E-state index contributed by atoms with van der Waals surface area (Å²) < 4.78 is 10.2. The van der Waals surface area contributed by atoms with E-state index in [1.54, 1.807) is 0 Å². The monoisotopic (exact) mass is 234 g/mol. The third-order valence-corrected chi connectivity index (χ3v) is 2.18. The van der Waals surface area contributed by atoms with Crippen LogP contribution in [-0.2, 0) is 13.2 Å². The number of hydrogen-bond acceptors (Lipinski definition) is 6. The molecule has 0 fully saturated rings. The van der Waals surface area contributed by atoms with Crippen LogP contribution in [0.3, 0.4) is 0 Å². The van der Waals surface area contributed by atoms with Crippen molar-refractivity contribution in [2.45, 2.75) is 20.1 Å². The maximum absolute atomic E-state index is 5.60. The van der Waals surface area contributed by atoms with Gasteiger partial charge in [0.25, 0.3) is 0 Å². The van der Waals surface area contributed by atoms with Crippen LogP contribution in [0.2, 0.25) is 0 Å². The van der Waals surface area contributed by atoms with Gasteiger partial charge in [0.05, 0.1) is 5.69 Å². The lowest BCUT2D eigenvalue weighted by Crippen LogP contribution is -2.10. The molecule has 0 saturated carbocycles. The van der Waals surface area contributed by atoms with Crippen LogP contribution in [0, 0.1) is 6.92 Å². The molecule has 2 rings (SSSR count). The second-order valence-electron chi connectivity index (χ2n) is 3.56. The van der Waals surface area contributed by atoms with Crippen LogP contribution >= 0.6 is 0 Å². The Kier molecular flexibility index (Phi) is 3.66. The molecule has 2 aromatic rings. The molecule has 0 saturated heterocycles. The van der Waals surface area contributed by atoms with E-state index in [4.69, 9.17) is 4.74 Å². The molecule has 0 aromatic carbocycles. The van der Waals surface area contributed by atoms with Crippen molar-refractivity contribution in [3.63, 3.8) is 0 Å². The Balaban J connectivity index is 2.08. The number of pyridine rings is 1. The SMILES string of the molecule is CNCc1nc(C)ccc1OCc1ncon1. The molecular formula is C11H14N4O2. The fourth-order valence-corrected chi connectivity index (χ4v) is 1.42. The highest BCUT2D eigenvalue weighted by Crippen LogP contribution is 2.17. The number of rotatable bonds is 5. The van der Waals surface area contributed by atoms with Gasteiger partial charge >= 0.3 is 0 Å². The lowest BCUT2D eigenvalue weighted by atomic mass is 10.3. The maximum Gasteiger partial charge on any atom is 0.213 e. The van der Waals surface area contributed by atoms with Crippen molar-refractivity contribution in [2.24, 2.45) is 0 Å². The molecule has 2 heterocycles. The topological polar surface area (TPSA) is 73.1 Å². The molecule has 0 aliphatic carbocycles. The first-order chi connectivity index (χ1) is 8.29. The first kappa shape index (κ1) is 11.5. The number of nitrogens with one attached hydrogen (secondary N) is 1. The van der Waals surface area contributed by atoms with Gasteiger partial charge < -0.3 is 14.6 Å². The van der Waals surface area contributed by atoms with Crippen LogP contribution in [0.4, 0.5) is 0 Å². The largest absolute Gasteiger partial charge is 0.484 e. The van der Waals surface area contributed by atoms with E-state index in [1.165, 1.54) is 6.39 Å². The zero-order valence-corrected chi connectivity index (χ0v) is 9.80. The van der Waals surface area contributed by atoms with Gasteiger partial charge in [-0.3, -0.25) is 4.98 Å².